The van der Waals surface area contributed by atoms with Crippen molar-refractivity contribution in [2.24, 2.45) is 0 Å². The topological polar surface area (TPSA) is 68.5 Å². The Bertz CT molecular complexity index is 371. The smallest absolute Gasteiger partial charge is 0.115 e. The first-order chi connectivity index (χ1) is 7.45. The van der Waals surface area contributed by atoms with Crippen molar-refractivity contribution in [2.75, 3.05) is 6.54 Å². The number of hydrogen-bond donors (Lipinski definition) is 1. The molecule has 0 unspecified atom stereocenters. The second-order valence-corrected chi connectivity index (χ2v) is 3.09. The first-order valence-electron chi connectivity index (χ1n) is 4.74. The Hall–Kier alpha value is -1.82. The van der Waals surface area contributed by atoms with Gasteiger partial charge in [0.15, 0.2) is 0 Å². The summed E-state index contributed by atoms with van der Waals surface area (Å²) in [6.45, 7) is 2.43. The van der Waals surface area contributed by atoms with Gasteiger partial charge in [0.1, 0.15) is 6.33 Å². The van der Waals surface area contributed by atoms with Gasteiger partial charge in [0.2, 0.25) is 0 Å². The first-order valence-corrected chi connectivity index (χ1v) is 4.74. The fourth-order valence-electron chi connectivity index (χ4n) is 1.20. The van der Waals surface area contributed by atoms with Crippen LogP contribution in [0.2, 0.25) is 0 Å². The van der Waals surface area contributed by atoms with Crippen molar-refractivity contribution in [3.63, 3.8) is 0 Å². The van der Waals surface area contributed by atoms with Gasteiger partial charge < -0.3 is 5.32 Å². The standard InChI is InChI=1S/C9H12N6/c1(3-15-4-2-13-14-15)10-5-9-6-11-8-12-7-9/h2,4,6-8,10H,1,3,5H2. The third kappa shape index (κ3) is 3.10. The molecule has 2 aromatic rings. The maximum absolute atomic E-state index is 3.93. The van der Waals surface area contributed by atoms with Gasteiger partial charge in [0, 0.05) is 37.2 Å². The summed E-state index contributed by atoms with van der Waals surface area (Å²) < 4.78 is 1.79. The van der Waals surface area contributed by atoms with E-state index in [4.69, 9.17) is 0 Å². The molecule has 2 aromatic heterocycles. The summed E-state index contributed by atoms with van der Waals surface area (Å²) in [4.78, 5) is 7.87. The molecule has 78 valence electrons. The van der Waals surface area contributed by atoms with Crippen molar-refractivity contribution in [3.8, 4) is 0 Å². The normalized spacial score (nSPS) is 10.4. The fourth-order valence-corrected chi connectivity index (χ4v) is 1.20. The van der Waals surface area contributed by atoms with Gasteiger partial charge in [-0.2, -0.15) is 0 Å². The summed E-state index contributed by atoms with van der Waals surface area (Å²) in [6, 6.07) is 0. The Kier molecular flexibility index (Phi) is 3.34. The Morgan fingerprint density at radius 3 is 2.87 bits per heavy atom. The lowest BCUT2D eigenvalue weighted by Gasteiger charge is -2.03. The van der Waals surface area contributed by atoms with E-state index in [1.165, 1.54) is 6.33 Å². The molecule has 6 heteroatoms. The lowest BCUT2D eigenvalue weighted by molar-refractivity contribution is 0.539. The lowest BCUT2D eigenvalue weighted by atomic mass is 10.3. The molecule has 1 N–H and O–H groups in total. The van der Waals surface area contributed by atoms with E-state index in [0.717, 1.165) is 25.2 Å². The zero-order chi connectivity index (χ0) is 10.3. The molecule has 0 atom stereocenters. The molecule has 2 rings (SSSR count). The minimum Gasteiger partial charge on any atom is -0.311 e. The van der Waals surface area contributed by atoms with Crippen molar-refractivity contribution in [1.82, 2.24) is 30.3 Å². The molecule has 0 saturated heterocycles. The highest BCUT2D eigenvalue weighted by Gasteiger charge is 1.93. The van der Waals surface area contributed by atoms with Crippen LogP contribution < -0.4 is 5.32 Å². The van der Waals surface area contributed by atoms with Gasteiger partial charge in [0.25, 0.3) is 0 Å². The summed E-state index contributed by atoms with van der Waals surface area (Å²) in [5.41, 5.74) is 1.08. The van der Waals surface area contributed by atoms with Gasteiger partial charge in [-0.05, 0) is 0 Å². The Morgan fingerprint density at radius 1 is 1.27 bits per heavy atom. The van der Waals surface area contributed by atoms with E-state index in [1.807, 2.05) is 6.20 Å². The molecule has 0 aliphatic rings. The minimum absolute atomic E-state index is 0.773. The molecule has 0 radical (unpaired) electrons. The summed E-state index contributed by atoms with van der Waals surface area (Å²) in [5, 5.41) is 10.9. The largest absolute Gasteiger partial charge is 0.311 e. The average molecular weight is 204 g/mol. The molecule has 15 heavy (non-hydrogen) atoms. The van der Waals surface area contributed by atoms with Crippen LogP contribution in [0.1, 0.15) is 5.56 Å². The second-order valence-electron chi connectivity index (χ2n) is 3.09. The predicted octanol–water partition coefficient (Wildman–Crippen LogP) is -0.142. The molecule has 6 nitrogen and oxygen atoms in total. The van der Waals surface area contributed by atoms with E-state index in [0.29, 0.717) is 0 Å². The van der Waals surface area contributed by atoms with Crippen molar-refractivity contribution >= 4 is 0 Å². The molecule has 0 aromatic carbocycles. The molecule has 0 aliphatic carbocycles. The average Bonchev–Trinajstić information content (AvgIpc) is 2.79. The summed E-state index contributed by atoms with van der Waals surface area (Å²) >= 11 is 0. The van der Waals surface area contributed by atoms with E-state index in [1.54, 1.807) is 23.3 Å². The molecule has 2 heterocycles. The molecule has 0 spiro atoms. The van der Waals surface area contributed by atoms with Crippen LogP contribution in [0.25, 0.3) is 0 Å². The van der Waals surface area contributed by atoms with Crippen LogP contribution in [0, 0.1) is 0 Å². The molecule has 0 bridgehead atoms. The third-order valence-corrected chi connectivity index (χ3v) is 1.93. The molecular formula is C9H12N6. The molecular weight excluding hydrogens is 192 g/mol. The van der Waals surface area contributed by atoms with E-state index >= 15 is 0 Å². The van der Waals surface area contributed by atoms with Crippen LogP contribution in [0.5, 0.6) is 0 Å². The van der Waals surface area contributed by atoms with Crippen molar-refractivity contribution < 1.29 is 0 Å². The summed E-state index contributed by atoms with van der Waals surface area (Å²) in [7, 11) is 0. The third-order valence-electron chi connectivity index (χ3n) is 1.93. The van der Waals surface area contributed by atoms with Gasteiger partial charge in [0.05, 0.1) is 12.7 Å². The van der Waals surface area contributed by atoms with Crippen LogP contribution in [0.15, 0.2) is 31.1 Å². The summed E-state index contributed by atoms with van der Waals surface area (Å²) in [5.74, 6) is 0. The molecule has 0 aliphatic heterocycles. The van der Waals surface area contributed by atoms with Gasteiger partial charge in [-0.15, -0.1) is 5.10 Å². The highest BCUT2D eigenvalue weighted by Crippen LogP contribution is 1.90. The van der Waals surface area contributed by atoms with Crippen LogP contribution in [0.3, 0.4) is 0 Å². The van der Waals surface area contributed by atoms with E-state index < -0.39 is 0 Å². The van der Waals surface area contributed by atoms with Crippen LogP contribution in [-0.2, 0) is 13.1 Å². The number of rotatable bonds is 5. The summed E-state index contributed by atoms with van der Waals surface area (Å²) in [6.07, 6.45) is 8.64. The molecule has 0 fully saturated rings. The van der Waals surface area contributed by atoms with Gasteiger partial charge >= 0.3 is 0 Å². The van der Waals surface area contributed by atoms with E-state index in [9.17, 15) is 0 Å². The number of nitrogens with one attached hydrogen (secondary N) is 1. The monoisotopic (exact) mass is 204 g/mol. The zero-order valence-electron chi connectivity index (χ0n) is 8.24. The van der Waals surface area contributed by atoms with E-state index in [-0.39, 0.29) is 0 Å². The Labute approximate surface area is 87.4 Å². The highest BCUT2D eigenvalue weighted by atomic mass is 15.4. The van der Waals surface area contributed by atoms with Crippen LogP contribution >= 0.6 is 0 Å². The van der Waals surface area contributed by atoms with Gasteiger partial charge in [-0.25, -0.2) is 9.97 Å². The lowest BCUT2D eigenvalue weighted by Crippen LogP contribution is -2.20. The SMILES string of the molecule is c1ncc(CNCCn2ccnn2)cn1. The highest BCUT2D eigenvalue weighted by molar-refractivity contribution is 5.01. The predicted molar refractivity (Wildman–Crippen MR) is 53.8 cm³/mol. The molecule has 0 saturated carbocycles. The van der Waals surface area contributed by atoms with Gasteiger partial charge in [-0.3, -0.25) is 4.68 Å². The quantitative estimate of drug-likeness (QED) is 0.686. The number of hydrogen-bond acceptors (Lipinski definition) is 5. The van der Waals surface area contributed by atoms with Crippen molar-refractivity contribution in [2.45, 2.75) is 13.1 Å². The van der Waals surface area contributed by atoms with Crippen LogP contribution in [0.4, 0.5) is 0 Å². The molecule has 0 amide bonds. The minimum atomic E-state index is 0.773. The maximum atomic E-state index is 3.93. The van der Waals surface area contributed by atoms with Crippen molar-refractivity contribution in [3.05, 3.63) is 36.7 Å². The fraction of sp³-hybridized carbons (Fsp3) is 0.333. The second kappa shape index (κ2) is 5.16. The van der Waals surface area contributed by atoms with Crippen LogP contribution in [-0.4, -0.2) is 31.5 Å². The maximum Gasteiger partial charge on any atom is 0.115 e. The van der Waals surface area contributed by atoms with Crippen molar-refractivity contribution in [1.29, 1.82) is 0 Å². The number of nitrogens with zero attached hydrogens (tertiary/aromatic N) is 5. The number of aromatic nitrogens is 5. The Morgan fingerprint density at radius 2 is 2.13 bits per heavy atom. The Balaban J connectivity index is 1.68. The van der Waals surface area contributed by atoms with Gasteiger partial charge in [-0.1, -0.05) is 5.21 Å². The zero-order valence-corrected chi connectivity index (χ0v) is 8.24. The first kappa shape index (κ1) is 9.72. The van der Waals surface area contributed by atoms with E-state index in [2.05, 4.69) is 25.6 Å².